The van der Waals surface area contributed by atoms with Gasteiger partial charge in [-0.3, -0.25) is 9.78 Å². The van der Waals surface area contributed by atoms with Crippen LogP contribution in [-0.2, 0) is 13.0 Å². The van der Waals surface area contributed by atoms with E-state index in [1.54, 1.807) is 6.20 Å². The van der Waals surface area contributed by atoms with Gasteiger partial charge in [-0.1, -0.05) is 36.4 Å². The van der Waals surface area contributed by atoms with Gasteiger partial charge < -0.3 is 9.88 Å². The van der Waals surface area contributed by atoms with Crippen molar-refractivity contribution < 1.29 is 4.79 Å². The molecule has 1 N–H and O–H groups in total. The maximum atomic E-state index is 13.3. The van der Waals surface area contributed by atoms with Crippen molar-refractivity contribution >= 4 is 16.9 Å². The monoisotopic (exact) mass is 370 g/mol. The summed E-state index contributed by atoms with van der Waals surface area (Å²) in [6, 6.07) is 19.8. The van der Waals surface area contributed by atoms with Gasteiger partial charge in [-0.05, 0) is 48.7 Å². The molecule has 0 radical (unpaired) electrons. The zero-order valence-corrected chi connectivity index (χ0v) is 15.8. The summed E-state index contributed by atoms with van der Waals surface area (Å²) in [6.45, 7) is 3.08. The van der Waals surface area contributed by atoms with Crippen molar-refractivity contribution in [2.75, 3.05) is 6.54 Å². The number of aromatic nitrogens is 3. The maximum absolute atomic E-state index is 13.3. The highest BCUT2D eigenvalue weighted by Crippen LogP contribution is 2.17. The van der Waals surface area contributed by atoms with Gasteiger partial charge in [-0.2, -0.15) is 0 Å². The number of rotatable bonds is 6. The number of nitrogens with zero attached hydrogens (tertiary/aromatic N) is 3. The fourth-order valence-electron chi connectivity index (χ4n) is 3.33. The summed E-state index contributed by atoms with van der Waals surface area (Å²) in [4.78, 5) is 27.0. The molecule has 2 heterocycles. The SMILES string of the molecule is Cc1nc2ccc(C(=O)N(CCc3ccccc3)Cc3cccnc3)cc2[nH]1. The topological polar surface area (TPSA) is 61.9 Å². The number of aromatic amines is 1. The van der Waals surface area contributed by atoms with Crippen LogP contribution in [0.3, 0.4) is 0 Å². The molecular formula is C23H22N4O. The molecule has 5 nitrogen and oxygen atoms in total. The van der Waals surface area contributed by atoms with Gasteiger partial charge in [0.25, 0.3) is 5.91 Å². The molecule has 2 aromatic carbocycles. The summed E-state index contributed by atoms with van der Waals surface area (Å²) >= 11 is 0. The van der Waals surface area contributed by atoms with Crippen molar-refractivity contribution in [3.05, 3.63) is 95.6 Å². The normalized spacial score (nSPS) is 10.9. The van der Waals surface area contributed by atoms with Crippen molar-refractivity contribution in [2.45, 2.75) is 19.9 Å². The van der Waals surface area contributed by atoms with Crippen LogP contribution in [0.5, 0.6) is 0 Å². The summed E-state index contributed by atoms with van der Waals surface area (Å²) in [7, 11) is 0. The Morgan fingerprint density at radius 2 is 1.86 bits per heavy atom. The standard InChI is InChI=1S/C23H22N4O/c1-17-25-21-10-9-20(14-22(21)26-17)23(28)27(16-19-8-5-12-24-15-19)13-11-18-6-3-2-4-7-18/h2-10,12,14-15H,11,13,16H2,1H3,(H,25,26). The number of hydrogen-bond acceptors (Lipinski definition) is 3. The first-order valence-corrected chi connectivity index (χ1v) is 9.37. The molecule has 4 rings (SSSR count). The molecule has 2 aromatic heterocycles. The van der Waals surface area contributed by atoms with E-state index in [0.717, 1.165) is 28.8 Å². The van der Waals surface area contributed by atoms with Crippen LogP contribution in [-0.4, -0.2) is 32.3 Å². The third-order valence-corrected chi connectivity index (χ3v) is 4.74. The van der Waals surface area contributed by atoms with Gasteiger partial charge in [0.15, 0.2) is 0 Å². The molecule has 0 aliphatic heterocycles. The molecule has 1 amide bonds. The van der Waals surface area contributed by atoms with Gasteiger partial charge in [0.2, 0.25) is 0 Å². The van der Waals surface area contributed by atoms with Gasteiger partial charge in [-0.15, -0.1) is 0 Å². The average Bonchev–Trinajstić information content (AvgIpc) is 3.11. The third-order valence-electron chi connectivity index (χ3n) is 4.74. The second kappa shape index (κ2) is 8.05. The Morgan fingerprint density at radius 3 is 2.64 bits per heavy atom. The van der Waals surface area contributed by atoms with Gasteiger partial charge in [0.1, 0.15) is 5.82 Å². The summed E-state index contributed by atoms with van der Waals surface area (Å²) < 4.78 is 0. The van der Waals surface area contributed by atoms with E-state index in [4.69, 9.17) is 0 Å². The van der Waals surface area contributed by atoms with E-state index in [-0.39, 0.29) is 5.91 Å². The Morgan fingerprint density at radius 1 is 1.04 bits per heavy atom. The number of hydrogen-bond donors (Lipinski definition) is 1. The molecular weight excluding hydrogens is 348 g/mol. The second-order valence-electron chi connectivity index (χ2n) is 6.88. The minimum absolute atomic E-state index is 0.00828. The van der Waals surface area contributed by atoms with Crippen LogP contribution >= 0.6 is 0 Å². The van der Waals surface area contributed by atoms with E-state index in [9.17, 15) is 4.79 Å². The average molecular weight is 370 g/mol. The van der Waals surface area contributed by atoms with Crippen LogP contribution in [0.2, 0.25) is 0 Å². The van der Waals surface area contributed by atoms with Crippen molar-refractivity contribution in [2.24, 2.45) is 0 Å². The number of H-pyrrole nitrogens is 1. The number of amides is 1. The van der Waals surface area contributed by atoms with Crippen LogP contribution < -0.4 is 0 Å². The lowest BCUT2D eigenvalue weighted by atomic mass is 10.1. The van der Waals surface area contributed by atoms with Crippen molar-refractivity contribution in [1.29, 1.82) is 0 Å². The van der Waals surface area contributed by atoms with Crippen molar-refractivity contribution in [1.82, 2.24) is 19.9 Å². The van der Waals surface area contributed by atoms with E-state index in [0.29, 0.717) is 18.7 Å². The molecule has 28 heavy (non-hydrogen) atoms. The molecule has 0 aliphatic rings. The van der Waals surface area contributed by atoms with Crippen LogP contribution in [0.15, 0.2) is 73.1 Å². The Bertz CT molecular complexity index is 1070. The Balaban J connectivity index is 1.59. The molecule has 5 heteroatoms. The number of imidazole rings is 1. The van der Waals surface area contributed by atoms with E-state index >= 15 is 0 Å². The highest BCUT2D eigenvalue weighted by Gasteiger charge is 2.17. The summed E-state index contributed by atoms with van der Waals surface area (Å²) in [5, 5.41) is 0. The van der Waals surface area contributed by atoms with Gasteiger partial charge in [-0.25, -0.2) is 4.98 Å². The summed E-state index contributed by atoms with van der Waals surface area (Å²) in [6.07, 6.45) is 4.36. The number of carbonyl (C=O) groups is 1. The summed E-state index contributed by atoms with van der Waals surface area (Å²) in [5.41, 5.74) is 4.64. The van der Waals surface area contributed by atoms with Crippen LogP contribution in [0, 0.1) is 6.92 Å². The predicted molar refractivity (Wildman–Crippen MR) is 110 cm³/mol. The van der Waals surface area contributed by atoms with Crippen LogP contribution in [0.4, 0.5) is 0 Å². The van der Waals surface area contributed by atoms with Gasteiger partial charge in [0, 0.05) is 31.0 Å². The molecule has 0 spiro atoms. The molecule has 0 fully saturated rings. The highest BCUT2D eigenvalue weighted by molar-refractivity contribution is 5.97. The first-order chi connectivity index (χ1) is 13.7. The van der Waals surface area contributed by atoms with Gasteiger partial charge >= 0.3 is 0 Å². The maximum Gasteiger partial charge on any atom is 0.254 e. The molecule has 0 saturated carbocycles. The zero-order valence-electron chi connectivity index (χ0n) is 15.8. The number of carbonyl (C=O) groups excluding carboxylic acids is 1. The molecule has 0 bridgehead atoms. The fraction of sp³-hybridized carbons (Fsp3) is 0.174. The molecule has 0 unspecified atom stereocenters. The lowest BCUT2D eigenvalue weighted by Gasteiger charge is -2.23. The van der Waals surface area contributed by atoms with Crippen LogP contribution in [0.1, 0.15) is 27.3 Å². The quantitative estimate of drug-likeness (QED) is 0.555. The zero-order chi connectivity index (χ0) is 19.3. The summed E-state index contributed by atoms with van der Waals surface area (Å²) in [5.74, 6) is 0.852. The first-order valence-electron chi connectivity index (χ1n) is 9.37. The number of pyridine rings is 1. The minimum atomic E-state index is 0.00828. The molecule has 0 atom stereocenters. The third kappa shape index (κ3) is 4.09. The van der Waals surface area contributed by atoms with E-state index in [1.165, 1.54) is 5.56 Å². The lowest BCUT2D eigenvalue weighted by molar-refractivity contribution is 0.0745. The van der Waals surface area contributed by atoms with Crippen molar-refractivity contribution in [3.8, 4) is 0 Å². The van der Waals surface area contributed by atoms with E-state index in [1.807, 2.05) is 66.6 Å². The molecule has 0 aliphatic carbocycles. The fourth-order valence-corrected chi connectivity index (χ4v) is 3.33. The number of nitrogens with one attached hydrogen (secondary N) is 1. The van der Waals surface area contributed by atoms with E-state index < -0.39 is 0 Å². The van der Waals surface area contributed by atoms with Gasteiger partial charge in [0.05, 0.1) is 11.0 Å². The smallest absolute Gasteiger partial charge is 0.254 e. The largest absolute Gasteiger partial charge is 0.342 e. The minimum Gasteiger partial charge on any atom is -0.342 e. The van der Waals surface area contributed by atoms with Crippen LogP contribution in [0.25, 0.3) is 11.0 Å². The molecule has 140 valence electrons. The lowest BCUT2D eigenvalue weighted by Crippen LogP contribution is -2.32. The Labute approximate surface area is 164 Å². The molecule has 0 saturated heterocycles. The predicted octanol–water partition coefficient (Wildman–Crippen LogP) is 4.15. The van der Waals surface area contributed by atoms with Crippen molar-refractivity contribution in [3.63, 3.8) is 0 Å². The number of aryl methyl sites for hydroxylation is 1. The molecule has 4 aromatic rings. The Kier molecular flexibility index (Phi) is 5.15. The number of fused-ring (bicyclic) bond motifs is 1. The van der Waals surface area contributed by atoms with E-state index in [2.05, 4.69) is 27.1 Å². The number of benzene rings is 2. The highest BCUT2D eigenvalue weighted by atomic mass is 16.2. The second-order valence-corrected chi connectivity index (χ2v) is 6.88. The first kappa shape index (κ1) is 17.9. The Hall–Kier alpha value is -3.47.